The van der Waals surface area contributed by atoms with Gasteiger partial charge in [-0.2, -0.15) is 0 Å². The number of anilines is 1. The fourth-order valence-corrected chi connectivity index (χ4v) is 3.99. The molecule has 1 aromatic heterocycles. The van der Waals surface area contributed by atoms with Crippen molar-refractivity contribution in [3.8, 4) is 10.6 Å². The number of nitrogens with one attached hydrogen (secondary N) is 1. The van der Waals surface area contributed by atoms with Gasteiger partial charge in [-0.1, -0.05) is 66.3 Å². The molecular formula is C19H19N3OS2. The Bertz CT molecular complexity index is 831. The Balaban J connectivity index is 1.67. The number of amides is 1. The molecule has 0 radical (unpaired) electrons. The predicted molar refractivity (Wildman–Crippen MR) is 105 cm³/mol. The van der Waals surface area contributed by atoms with Gasteiger partial charge in [0.05, 0.1) is 5.25 Å². The largest absolute Gasteiger partial charge is 0.300 e. The van der Waals surface area contributed by atoms with Crippen molar-refractivity contribution in [2.45, 2.75) is 30.4 Å². The third-order valence-corrected chi connectivity index (χ3v) is 5.90. The zero-order valence-corrected chi connectivity index (χ0v) is 15.7. The number of rotatable bonds is 6. The number of thioether (sulfide) groups is 1. The summed E-state index contributed by atoms with van der Waals surface area (Å²) in [4.78, 5) is 13.6. The van der Waals surface area contributed by atoms with Crippen molar-refractivity contribution in [3.63, 3.8) is 0 Å². The van der Waals surface area contributed by atoms with E-state index in [0.29, 0.717) is 5.13 Å². The molecule has 0 aliphatic rings. The van der Waals surface area contributed by atoms with E-state index in [9.17, 15) is 4.79 Å². The van der Waals surface area contributed by atoms with Crippen LogP contribution >= 0.6 is 23.1 Å². The summed E-state index contributed by atoms with van der Waals surface area (Å²) in [5.41, 5.74) is 2.21. The Morgan fingerprint density at radius 2 is 1.84 bits per heavy atom. The van der Waals surface area contributed by atoms with Gasteiger partial charge in [0.1, 0.15) is 5.01 Å². The molecule has 6 heteroatoms. The van der Waals surface area contributed by atoms with E-state index in [4.69, 9.17) is 0 Å². The summed E-state index contributed by atoms with van der Waals surface area (Å²) in [5, 5.41) is 12.4. The van der Waals surface area contributed by atoms with Gasteiger partial charge >= 0.3 is 0 Å². The first-order valence-electron chi connectivity index (χ1n) is 8.09. The molecule has 4 nitrogen and oxygen atoms in total. The van der Waals surface area contributed by atoms with Gasteiger partial charge in [-0.05, 0) is 25.5 Å². The fraction of sp³-hybridized carbons (Fsp3) is 0.211. The van der Waals surface area contributed by atoms with Crippen LogP contribution in [0.3, 0.4) is 0 Å². The van der Waals surface area contributed by atoms with Crippen LogP contribution in [0.5, 0.6) is 0 Å². The van der Waals surface area contributed by atoms with Crippen molar-refractivity contribution >= 4 is 34.1 Å². The molecule has 0 aliphatic heterocycles. The van der Waals surface area contributed by atoms with Crippen LogP contribution < -0.4 is 5.32 Å². The summed E-state index contributed by atoms with van der Waals surface area (Å²) in [5.74, 6) is -0.0389. The lowest BCUT2D eigenvalue weighted by Gasteiger charge is -2.13. The fourth-order valence-electron chi connectivity index (χ4n) is 2.26. The normalized spacial score (nSPS) is 11.9. The molecule has 0 saturated carbocycles. The van der Waals surface area contributed by atoms with E-state index >= 15 is 0 Å². The zero-order chi connectivity index (χ0) is 17.6. The summed E-state index contributed by atoms with van der Waals surface area (Å²) in [6, 6.07) is 18.1. The average Bonchev–Trinajstić information content (AvgIpc) is 3.09. The lowest BCUT2D eigenvalue weighted by Crippen LogP contribution is -2.24. The Kier molecular flexibility index (Phi) is 5.83. The molecule has 0 aliphatic carbocycles. The Morgan fingerprint density at radius 1 is 1.12 bits per heavy atom. The van der Waals surface area contributed by atoms with Crippen LogP contribution in [0.25, 0.3) is 10.6 Å². The maximum absolute atomic E-state index is 12.5. The van der Waals surface area contributed by atoms with Crippen LogP contribution in [-0.4, -0.2) is 21.4 Å². The molecule has 1 amide bonds. The smallest absolute Gasteiger partial charge is 0.239 e. The van der Waals surface area contributed by atoms with Crippen molar-refractivity contribution in [1.82, 2.24) is 10.2 Å². The number of nitrogens with zero attached hydrogens (tertiary/aromatic N) is 2. The minimum absolute atomic E-state index is 0.0389. The van der Waals surface area contributed by atoms with Gasteiger partial charge in [-0.15, -0.1) is 22.0 Å². The summed E-state index contributed by atoms with van der Waals surface area (Å²) in [6.07, 6.45) is 0.745. The van der Waals surface area contributed by atoms with Crippen molar-refractivity contribution in [2.24, 2.45) is 0 Å². The van der Waals surface area contributed by atoms with Gasteiger partial charge in [-0.25, -0.2) is 0 Å². The second-order valence-electron chi connectivity index (χ2n) is 5.60. The number of benzene rings is 2. The summed E-state index contributed by atoms with van der Waals surface area (Å²) in [6.45, 7) is 4.06. The molecule has 1 unspecified atom stereocenters. The highest BCUT2D eigenvalue weighted by molar-refractivity contribution is 8.00. The number of aryl methyl sites for hydroxylation is 1. The second kappa shape index (κ2) is 8.27. The van der Waals surface area contributed by atoms with Crippen molar-refractivity contribution in [2.75, 3.05) is 5.32 Å². The molecule has 25 heavy (non-hydrogen) atoms. The van der Waals surface area contributed by atoms with Gasteiger partial charge in [-0.3, -0.25) is 10.1 Å². The maximum Gasteiger partial charge on any atom is 0.239 e. The molecule has 128 valence electrons. The van der Waals surface area contributed by atoms with Crippen LogP contribution in [0.1, 0.15) is 18.9 Å². The third kappa shape index (κ3) is 4.67. The number of aromatic nitrogens is 2. The van der Waals surface area contributed by atoms with E-state index in [1.165, 1.54) is 16.9 Å². The summed E-state index contributed by atoms with van der Waals surface area (Å²) < 4.78 is 0. The lowest BCUT2D eigenvalue weighted by atomic mass is 10.2. The summed E-state index contributed by atoms with van der Waals surface area (Å²) in [7, 11) is 0. The maximum atomic E-state index is 12.5. The molecule has 0 bridgehead atoms. The molecule has 0 fully saturated rings. The first-order valence-corrected chi connectivity index (χ1v) is 9.78. The SMILES string of the molecule is CCC(Sc1ccccc1)C(=O)Nc1nnc(-c2ccc(C)cc2)s1. The first-order chi connectivity index (χ1) is 12.2. The van der Waals surface area contributed by atoms with Crippen molar-refractivity contribution in [1.29, 1.82) is 0 Å². The lowest BCUT2D eigenvalue weighted by molar-refractivity contribution is -0.115. The van der Waals surface area contributed by atoms with Crippen LogP contribution in [0, 0.1) is 6.92 Å². The average molecular weight is 370 g/mol. The molecule has 0 spiro atoms. The van der Waals surface area contributed by atoms with E-state index in [1.54, 1.807) is 11.8 Å². The van der Waals surface area contributed by atoms with Gasteiger partial charge in [0.25, 0.3) is 0 Å². The van der Waals surface area contributed by atoms with Crippen LogP contribution in [-0.2, 0) is 4.79 Å². The highest BCUT2D eigenvalue weighted by Crippen LogP contribution is 2.29. The highest BCUT2D eigenvalue weighted by Gasteiger charge is 2.19. The van der Waals surface area contributed by atoms with E-state index in [2.05, 4.69) is 15.5 Å². The molecule has 0 saturated heterocycles. The highest BCUT2D eigenvalue weighted by atomic mass is 32.2. The minimum Gasteiger partial charge on any atom is -0.300 e. The molecule has 1 atom stereocenters. The molecule has 2 aromatic carbocycles. The van der Waals surface area contributed by atoms with E-state index in [0.717, 1.165) is 21.9 Å². The van der Waals surface area contributed by atoms with Gasteiger partial charge in [0, 0.05) is 10.5 Å². The first kappa shape index (κ1) is 17.6. The zero-order valence-electron chi connectivity index (χ0n) is 14.1. The van der Waals surface area contributed by atoms with Crippen molar-refractivity contribution < 1.29 is 4.79 Å². The predicted octanol–water partition coefficient (Wildman–Crippen LogP) is 5.02. The van der Waals surface area contributed by atoms with Gasteiger partial charge in [0.15, 0.2) is 0 Å². The molecule has 1 heterocycles. The number of hydrogen-bond donors (Lipinski definition) is 1. The number of hydrogen-bond acceptors (Lipinski definition) is 5. The Labute approximate surface area is 155 Å². The molecule has 3 rings (SSSR count). The quantitative estimate of drug-likeness (QED) is 0.620. The molecule has 1 N–H and O–H groups in total. The topological polar surface area (TPSA) is 54.9 Å². The standard InChI is InChI=1S/C19H19N3OS2/c1-3-16(24-15-7-5-4-6-8-15)17(23)20-19-22-21-18(25-19)14-11-9-13(2)10-12-14/h4-12,16H,3H2,1-2H3,(H,20,22,23). The molecular weight excluding hydrogens is 350 g/mol. The van der Waals surface area contributed by atoms with E-state index in [1.807, 2.05) is 68.4 Å². The third-order valence-electron chi connectivity index (χ3n) is 3.64. The minimum atomic E-state index is -0.158. The number of carbonyl (C=O) groups excluding carboxylic acids is 1. The van der Waals surface area contributed by atoms with Crippen LogP contribution in [0.15, 0.2) is 59.5 Å². The van der Waals surface area contributed by atoms with E-state index in [-0.39, 0.29) is 11.2 Å². The monoisotopic (exact) mass is 369 g/mol. The summed E-state index contributed by atoms with van der Waals surface area (Å²) >= 11 is 2.96. The van der Waals surface area contributed by atoms with Crippen molar-refractivity contribution in [3.05, 3.63) is 60.2 Å². The Morgan fingerprint density at radius 3 is 2.52 bits per heavy atom. The number of carbonyl (C=O) groups is 1. The van der Waals surface area contributed by atoms with E-state index < -0.39 is 0 Å². The van der Waals surface area contributed by atoms with Crippen LogP contribution in [0.2, 0.25) is 0 Å². The van der Waals surface area contributed by atoms with Gasteiger partial charge in [0.2, 0.25) is 11.0 Å². The molecule has 3 aromatic rings. The van der Waals surface area contributed by atoms with Gasteiger partial charge < -0.3 is 0 Å². The Hall–Kier alpha value is -2.18. The second-order valence-corrected chi connectivity index (χ2v) is 7.85. The van der Waals surface area contributed by atoms with Crippen LogP contribution in [0.4, 0.5) is 5.13 Å².